The lowest BCUT2D eigenvalue weighted by Gasteiger charge is -2.15. The lowest BCUT2D eigenvalue weighted by atomic mass is 10.1. The van der Waals surface area contributed by atoms with Gasteiger partial charge in [-0.25, -0.2) is 4.79 Å². The minimum atomic E-state index is -0.205. The minimum Gasteiger partial charge on any atom is -0.494 e. The van der Waals surface area contributed by atoms with E-state index in [4.69, 9.17) is 4.74 Å². The number of amides is 1. The van der Waals surface area contributed by atoms with Crippen LogP contribution in [-0.4, -0.2) is 22.5 Å². The number of carbonyl (C=O) groups excluding carboxylic acids is 1. The predicted octanol–water partition coefficient (Wildman–Crippen LogP) is 3.46. The fourth-order valence-electron chi connectivity index (χ4n) is 3.13. The van der Waals surface area contributed by atoms with Crippen molar-refractivity contribution in [2.45, 2.75) is 39.2 Å². The second-order valence-electron chi connectivity index (χ2n) is 6.61. The van der Waals surface area contributed by atoms with Crippen molar-refractivity contribution in [1.82, 2.24) is 15.3 Å². The Labute approximate surface area is 158 Å². The van der Waals surface area contributed by atoms with Gasteiger partial charge in [-0.3, -0.25) is 4.79 Å². The first-order valence-electron chi connectivity index (χ1n) is 9.28. The summed E-state index contributed by atoms with van der Waals surface area (Å²) in [5.74, 6) is 0.842. The normalized spacial score (nSPS) is 12.1. The Balaban J connectivity index is 1.49. The van der Waals surface area contributed by atoms with Crippen LogP contribution >= 0.6 is 0 Å². The molecular formula is C21H25N3O3. The smallest absolute Gasteiger partial charge is 0.323 e. The zero-order valence-electron chi connectivity index (χ0n) is 15.7. The molecule has 2 aromatic carbocycles. The summed E-state index contributed by atoms with van der Waals surface area (Å²) < 4.78 is 5.51. The van der Waals surface area contributed by atoms with Crippen LogP contribution in [-0.2, 0) is 11.2 Å². The fraction of sp³-hybridized carbons (Fsp3) is 0.333. The van der Waals surface area contributed by atoms with Gasteiger partial charge in [0.25, 0.3) is 0 Å². The topological polar surface area (TPSA) is 87.0 Å². The SMILES string of the molecule is CCOc1cccc(C(C)NC(=O)CCCc2ccc3[nH]c(=O)[nH]c3c2)c1. The van der Waals surface area contributed by atoms with Crippen LogP contribution in [0, 0.1) is 0 Å². The van der Waals surface area contributed by atoms with E-state index in [2.05, 4.69) is 15.3 Å². The number of nitrogens with one attached hydrogen (secondary N) is 3. The molecule has 1 atom stereocenters. The van der Waals surface area contributed by atoms with Gasteiger partial charge in [-0.1, -0.05) is 18.2 Å². The number of hydrogen-bond acceptors (Lipinski definition) is 3. The third kappa shape index (κ3) is 5.00. The van der Waals surface area contributed by atoms with Crippen LogP contribution in [0.25, 0.3) is 11.0 Å². The number of aromatic nitrogens is 2. The maximum absolute atomic E-state index is 12.2. The summed E-state index contributed by atoms with van der Waals surface area (Å²) in [6.07, 6.45) is 1.99. The molecule has 6 nitrogen and oxygen atoms in total. The molecule has 0 saturated heterocycles. The first kappa shape index (κ1) is 18.8. The van der Waals surface area contributed by atoms with Crippen molar-refractivity contribution in [3.63, 3.8) is 0 Å². The van der Waals surface area contributed by atoms with Gasteiger partial charge in [0, 0.05) is 6.42 Å². The Hall–Kier alpha value is -3.02. The third-order valence-electron chi connectivity index (χ3n) is 4.50. The third-order valence-corrected chi connectivity index (χ3v) is 4.50. The number of aromatic amines is 2. The molecule has 1 amide bonds. The van der Waals surface area contributed by atoms with E-state index in [1.807, 2.05) is 56.3 Å². The molecule has 0 fully saturated rings. The van der Waals surface area contributed by atoms with Crippen molar-refractivity contribution >= 4 is 16.9 Å². The van der Waals surface area contributed by atoms with Crippen LogP contribution in [0.1, 0.15) is 43.9 Å². The van der Waals surface area contributed by atoms with Crippen molar-refractivity contribution in [3.8, 4) is 5.75 Å². The van der Waals surface area contributed by atoms with Crippen molar-refractivity contribution < 1.29 is 9.53 Å². The number of H-pyrrole nitrogens is 2. The summed E-state index contributed by atoms with van der Waals surface area (Å²) in [5.41, 5.74) is 3.51. The van der Waals surface area contributed by atoms with Gasteiger partial charge >= 0.3 is 5.69 Å². The minimum absolute atomic E-state index is 0.0282. The number of aryl methyl sites for hydroxylation is 1. The summed E-state index contributed by atoms with van der Waals surface area (Å²) in [7, 11) is 0. The number of fused-ring (bicyclic) bond motifs is 1. The largest absolute Gasteiger partial charge is 0.494 e. The summed E-state index contributed by atoms with van der Waals surface area (Å²) in [4.78, 5) is 29.0. The molecule has 3 N–H and O–H groups in total. The summed E-state index contributed by atoms with van der Waals surface area (Å²) >= 11 is 0. The average Bonchev–Trinajstić information content (AvgIpc) is 3.01. The van der Waals surface area contributed by atoms with Crippen LogP contribution in [0.5, 0.6) is 5.75 Å². The van der Waals surface area contributed by atoms with Gasteiger partial charge in [-0.05, 0) is 62.1 Å². The van der Waals surface area contributed by atoms with Crippen LogP contribution in [0.2, 0.25) is 0 Å². The molecule has 0 bridgehead atoms. The Morgan fingerprint density at radius 2 is 1.96 bits per heavy atom. The molecule has 0 aliphatic rings. The van der Waals surface area contributed by atoms with Crippen LogP contribution < -0.4 is 15.7 Å². The van der Waals surface area contributed by atoms with Gasteiger partial charge in [-0.15, -0.1) is 0 Å². The highest BCUT2D eigenvalue weighted by Crippen LogP contribution is 2.19. The molecule has 3 rings (SSSR count). The molecule has 3 aromatic rings. The summed E-state index contributed by atoms with van der Waals surface area (Å²) in [6, 6.07) is 13.5. The average molecular weight is 367 g/mol. The van der Waals surface area contributed by atoms with Crippen LogP contribution in [0.15, 0.2) is 47.3 Å². The number of carbonyl (C=O) groups is 1. The maximum atomic E-state index is 12.2. The van der Waals surface area contributed by atoms with E-state index in [-0.39, 0.29) is 17.6 Å². The van der Waals surface area contributed by atoms with Crippen molar-refractivity contribution in [2.24, 2.45) is 0 Å². The van der Waals surface area contributed by atoms with Crippen molar-refractivity contribution in [3.05, 3.63) is 64.1 Å². The molecule has 0 radical (unpaired) electrons. The van der Waals surface area contributed by atoms with E-state index >= 15 is 0 Å². The molecule has 0 saturated carbocycles. The predicted molar refractivity (Wildman–Crippen MR) is 106 cm³/mol. The van der Waals surface area contributed by atoms with Crippen LogP contribution in [0.3, 0.4) is 0 Å². The number of imidazole rings is 1. The number of hydrogen-bond donors (Lipinski definition) is 3. The lowest BCUT2D eigenvalue weighted by Crippen LogP contribution is -2.26. The van der Waals surface area contributed by atoms with Gasteiger partial charge in [0.05, 0.1) is 23.7 Å². The molecule has 1 unspecified atom stereocenters. The second-order valence-corrected chi connectivity index (χ2v) is 6.61. The molecule has 0 aliphatic heterocycles. The van der Waals surface area contributed by atoms with Crippen LogP contribution in [0.4, 0.5) is 0 Å². The number of ether oxygens (including phenoxy) is 1. The molecule has 0 aliphatic carbocycles. The van der Waals surface area contributed by atoms with E-state index in [0.29, 0.717) is 13.0 Å². The molecule has 0 spiro atoms. The molecule has 27 heavy (non-hydrogen) atoms. The monoisotopic (exact) mass is 367 g/mol. The quantitative estimate of drug-likeness (QED) is 0.570. The zero-order chi connectivity index (χ0) is 19.2. The van der Waals surface area contributed by atoms with Gasteiger partial charge in [0.15, 0.2) is 0 Å². The Morgan fingerprint density at radius 3 is 2.78 bits per heavy atom. The Bertz CT molecular complexity index is 974. The van der Waals surface area contributed by atoms with Gasteiger partial charge in [0.2, 0.25) is 5.91 Å². The summed E-state index contributed by atoms with van der Waals surface area (Å²) in [6.45, 7) is 4.54. The molecule has 1 heterocycles. The highest BCUT2D eigenvalue weighted by Gasteiger charge is 2.10. The van der Waals surface area contributed by atoms with E-state index in [0.717, 1.165) is 40.8 Å². The van der Waals surface area contributed by atoms with Gasteiger partial charge in [0.1, 0.15) is 5.75 Å². The number of benzene rings is 2. The van der Waals surface area contributed by atoms with E-state index < -0.39 is 0 Å². The van der Waals surface area contributed by atoms with Crippen molar-refractivity contribution in [2.75, 3.05) is 6.61 Å². The fourth-order valence-corrected chi connectivity index (χ4v) is 3.13. The first-order valence-corrected chi connectivity index (χ1v) is 9.28. The Morgan fingerprint density at radius 1 is 1.15 bits per heavy atom. The second kappa shape index (κ2) is 8.58. The zero-order valence-corrected chi connectivity index (χ0v) is 15.7. The first-order chi connectivity index (χ1) is 13.0. The van der Waals surface area contributed by atoms with E-state index in [1.54, 1.807) is 0 Å². The van der Waals surface area contributed by atoms with Gasteiger partial charge in [-0.2, -0.15) is 0 Å². The Kier molecular flexibility index (Phi) is 5.96. The molecule has 142 valence electrons. The molecule has 1 aromatic heterocycles. The molecule has 6 heteroatoms. The van der Waals surface area contributed by atoms with Gasteiger partial charge < -0.3 is 20.0 Å². The lowest BCUT2D eigenvalue weighted by molar-refractivity contribution is -0.121. The highest BCUT2D eigenvalue weighted by molar-refractivity contribution is 5.77. The standard InChI is InChI=1S/C21H25N3O3/c1-3-27-17-8-5-7-16(13-17)14(2)22-20(25)9-4-6-15-10-11-18-19(12-15)24-21(26)23-18/h5,7-8,10-14H,3-4,6,9H2,1-2H3,(H,22,25)(H2,23,24,26). The number of rotatable bonds is 8. The van der Waals surface area contributed by atoms with Crippen molar-refractivity contribution in [1.29, 1.82) is 0 Å². The molecular weight excluding hydrogens is 342 g/mol. The summed E-state index contributed by atoms with van der Waals surface area (Å²) in [5, 5.41) is 3.04. The van der Waals surface area contributed by atoms with E-state index in [9.17, 15) is 9.59 Å². The maximum Gasteiger partial charge on any atom is 0.323 e. The van der Waals surface area contributed by atoms with E-state index in [1.165, 1.54) is 0 Å². The highest BCUT2D eigenvalue weighted by atomic mass is 16.5.